The average molecular weight is 463 g/mol. The van der Waals surface area contributed by atoms with Crippen molar-refractivity contribution >= 4 is 45.4 Å². The Balaban J connectivity index is 1.73. The summed E-state index contributed by atoms with van der Waals surface area (Å²) in [6, 6.07) is 19.6. The number of carbonyl (C=O) groups excluding carboxylic acids is 1. The maximum Gasteiger partial charge on any atom is 0.340 e. The predicted octanol–water partition coefficient (Wildman–Crippen LogP) is 4.45. The van der Waals surface area contributed by atoms with E-state index in [-0.39, 0.29) is 33.0 Å². The summed E-state index contributed by atoms with van der Waals surface area (Å²) in [6.45, 7) is 0. The van der Waals surface area contributed by atoms with Gasteiger partial charge in [0.2, 0.25) is 5.91 Å². The monoisotopic (exact) mass is 462 g/mol. The second-order valence-corrected chi connectivity index (χ2v) is 8.46. The zero-order valence-corrected chi connectivity index (χ0v) is 17.8. The molecule has 154 valence electrons. The lowest BCUT2D eigenvalue weighted by atomic mass is 10.1. The molecule has 6 nitrogen and oxygen atoms in total. The number of hydrazone groups is 1. The van der Waals surface area contributed by atoms with Crippen LogP contribution in [0.1, 0.15) is 11.1 Å². The van der Waals surface area contributed by atoms with Gasteiger partial charge in [0.05, 0.1) is 17.7 Å². The standard InChI is InChI=1S/C21H16Cl2N2O4S/c22-17-10-11-18(23)20(13-17)30(27,28)29-19-9-5-4-8-16(19)14-24-25-21(26)12-15-6-2-1-3-7-15/h1-11,13-14H,12H2,(H,25,26)/b24-14+. The van der Waals surface area contributed by atoms with Crippen LogP contribution in [0.4, 0.5) is 0 Å². The molecule has 0 saturated heterocycles. The molecule has 9 heteroatoms. The molecular formula is C21H16Cl2N2O4S. The third kappa shape index (κ3) is 5.82. The molecule has 3 rings (SSSR count). The zero-order valence-electron chi connectivity index (χ0n) is 15.5. The van der Waals surface area contributed by atoms with Crippen LogP contribution < -0.4 is 9.61 Å². The van der Waals surface area contributed by atoms with Crippen molar-refractivity contribution in [3.8, 4) is 5.75 Å². The Morgan fingerprint density at radius 1 is 1.00 bits per heavy atom. The van der Waals surface area contributed by atoms with Gasteiger partial charge in [-0.2, -0.15) is 13.5 Å². The molecule has 0 radical (unpaired) electrons. The third-order valence-corrected chi connectivity index (χ3v) is 5.83. The first-order chi connectivity index (χ1) is 14.3. The second-order valence-electron chi connectivity index (χ2n) is 6.11. The lowest BCUT2D eigenvalue weighted by molar-refractivity contribution is -0.120. The van der Waals surface area contributed by atoms with E-state index in [1.165, 1.54) is 30.5 Å². The van der Waals surface area contributed by atoms with Crippen LogP contribution in [0.5, 0.6) is 5.75 Å². The average Bonchev–Trinajstić information content (AvgIpc) is 2.71. The largest absolute Gasteiger partial charge is 0.378 e. The van der Waals surface area contributed by atoms with E-state index in [0.29, 0.717) is 5.56 Å². The van der Waals surface area contributed by atoms with Gasteiger partial charge in [0.15, 0.2) is 5.75 Å². The van der Waals surface area contributed by atoms with Crippen molar-refractivity contribution in [3.05, 3.63) is 94.0 Å². The summed E-state index contributed by atoms with van der Waals surface area (Å²) in [5, 5.41) is 4.08. The summed E-state index contributed by atoms with van der Waals surface area (Å²) in [6.07, 6.45) is 1.46. The van der Waals surface area contributed by atoms with Gasteiger partial charge >= 0.3 is 10.1 Å². The van der Waals surface area contributed by atoms with Gasteiger partial charge in [-0.15, -0.1) is 0 Å². The predicted molar refractivity (Wildman–Crippen MR) is 117 cm³/mol. The molecule has 1 N–H and O–H groups in total. The fourth-order valence-electron chi connectivity index (χ4n) is 2.49. The van der Waals surface area contributed by atoms with Crippen molar-refractivity contribution in [1.29, 1.82) is 0 Å². The molecule has 0 saturated carbocycles. The van der Waals surface area contributed by atoms with E-state index in [9.17, 15) is 13.2 Å². The fraction of sp³-hybridized carbons (Fsp3) is 0.0476. The van der Waals surface area contributed by atoms with Crippen molar-refractivity contribution in [2.45, 2.75) is 11.3 Å². The van der Waals surface area contributed by atoms with E-state index in [1.54, 1.807) is 18.2 Å². The van der Waals surface area contributed by atoms with E-state index in [2.05, 4.69) is 10.5 Å². The topological polar surface area (TPSA) is 84.8 Å². The molecule has 0 fully saturated rings. The van der Waals surface area contributed by atoms with Crippen LogP contribution in [0.3, 0.4) is 0 Å². The molecule has 3 aromatic rings. The number of benzene rings is 3. The zero-order chi connectivity index (χ0) is 21.6. The minimum Gasteiger partial charge on any atom is -0.378 e. The molecule has 0 aliphatic heterocycles. The summed E-state index contributed by atoms with van der Waals surface area (Å²) in [5.41, 5.74) is 3.60. The minimum absolute atomic E-state index is 0.0151. The Morgan fingerprint density at radius 2 is 1.70 bits per heavy atom. The molecule has 30 heavy (non-hydrogen) atoms. The van der Waals surface area contributed by atoms with E-state index >= 15 is 0 Å². The SMILES string of the molecule is O=C(Cc1ccccc1)N/N=C/c1ccccc1OS(=O)(=O)c1cc(Cl)ccc1Cl. The quantitative estimate of drug-likeness (QED) is 0.319. The van der Waals surface area contributed by atoms with Crippen LogP contribution in [-0.4, -0.2) is 20.5 Å². The highest BCUT2D eigenvalue weighted by atomic mass is 35.5. The smallest absolute Gasteiger partial charge is 0.340 e. The summed E-state index contributed by atoms with van der Waals surface area (Å²) in [5.74, 6) is -0.288. The van der Waals surface area contributed by atoms with Gasteiger partial charge in [0, 0.05) is 10.6 Å². The van der Waals surface area contributed by atoms with E-state index in [0.717, 1.165) is 5.56 Å². The second kappa shape index (κ2) is 9.75. The van der Waals surface area contributed by atoms with Crippen LogP contribution in [-0.2, 0) is 21.3 Å². The van der Waals surface area contributed by atoms with Gasteiger partial charge in [0.25, 0.3) is 0 Å². The first-order valence-corrected chi connectivity index (χ1v) is 10.9. The van der Waals surface area contributed by atoms with Gasteiger partial charge < -0.3 is 4.18 Å². The summed E-state index contributed by atoms with van der Waals surface area (Å²) in [4.78, 5) is 11.7. The third-order valence-electron chi connectivity index (χ3n) is 3.88. The van der Waals surface area contributed by atoms with Gasteiger partial charge in [-0.05, 0) is 35.9 Å². The highest BCUT2D eigenvalue weighted by molar-refractivity contribution is 7.87. The Labute approximate surface area is 184 Å². The van der Waals surface area contributed by atoms with Gasteiger partial charge in [-0.25, -0.2) is 5.43 Å². The molecular weight excluding hydrogens is 447 g/mol. The summed E-state index contributed by atoms with van der Waals surface area (Å²) < 4.78 is 30.5. The molecule has 3 aromatic carbocycles. The molecule has 0 heterocycles. The number of rotatable bonds is 7. The van der Waals surface area contributed by atoms with Gasteiger partial charge in [0.1, 0.15) is 4.90 Å². The molecule has 0 spiro atoms. The van der Waals surface area contributed by atoms with Crippen molar-refractivity contribution in [1.82, 2.24) is 5.43 Å². The fourth-order valence-corrected chi connectivity index (χ4v) is 4.18. The van der Waals surface area contributed by atoms with Crippen LogP contribution in [0.2, 0.25) is 10.0 Å². The Morgan fingerprint density at radius 3 is 2.47 bits per heavy atom. The normalized spacial score (nSPS) is 11.4. The summed E-state index contributed by atoms with van der Waals surface area (Å²) >= 11 is 11.9. The molecule has 0 bridgehead atoms. The van der Waals surface area contributed by atoms with E-state index in [1.807, 2.05) is 30.3 Å². The highest BCUT2D eigenvalue weighted by Gasteiger charge is 2.22. The lowest BCUT2D eigenvalue weighted by Crippen LogP contribution is -2.19. The van der Waals surface area contributed by atoms with Crippen molar-refractivity contribution < 1.29 is 17.4 Å². The molecule has 0 aliphatic carbocycles. The van der Waals surface area contributed by atoms with Crippen molar-refractivity contribution in [2.24, 2.45) is 5.10 Å². The Kier molecular flexibility index (Phi) is 7.10. The summed E-state index contributed by atoms with van der Waals surface area (Å²) in [7, 11) is -4.24. The van der Waals surface area contributed by atoms with E-state index in [4.69, 9.17) is 27.4 Å². The number of hydrogen-bond donors (Lipinski definition) is 1. The Bertz CT molecular complexity index is 1180. The molecule has 0 unspecified atom stereocenters. The van der Waals surface area contributed by atoms with Crippen LogP contribution in [0, 0.1) is 0 Å². The van der Waals surface area contributed by atoms with E-state index < -0.39 is 10.1 Å². The number of nitrogens with zero attached hydrogens (tertiary/aromatic N) is 1. The van der Waals surface area contributed by atoms with Gasteiger partial charge in [-0.1, -0.05) is 65.7 Å². The first-order valence-electron chi connectivity index (χ1n) is 8.69. The molecule has 0 atom stereocenters. The van der Waals surface area contributed by atoms with Crippen LogP contribution in [0.25, 0.3) is 0 Å². The van der Waals surface area contributed by atoms with Crippen molar-refractivity contribution in [2.75, 3.05) is 0 Å². The molecule has 0 aliphatic rings. The number of para-hydroxylation sites is 1. The number of hydrogen-bond acceptors (Lipinski definition) is 5. The molecule has 0 aromatic heterocycles. The molecule has 1 amide bonds. The van der Waals surface area contributed by atoms with Crippen LogP contribution in [0.15, 0.2) is 82.8 Å². The Hall–Kier alpha value is -2.87. The number of nitrogens with one attached hydrogen (secondary N) is 1. The number of amides is 1. The van der Waals surface area contributed by atoms with Crippen LogP contribution >= 0.6 is 23.2 Å². The number of carbonyl (C=O) groups is 1. The maximum absolute atomic E-state index is 12.6. The maximum atomic E-state index is 12.6. The lowest BCUT2D eigenvalue weighted by Gasteiger charge is -2.10. The minimum atomic E-state index is -4.24. The van der Waals surface area contributed by atoms with Crippen molar-refractivity contribution in [3.63, 3.8) is 0 Å². The first kappa shape index (κ1) is 21.8. The van der Waals surface area contributed by atoms with Gasteiger partial charge in [-0.3, -0.25) is 4.79 Å². The highest BCUT2D eigenvalue weighted by Crippen LogP contribution is 2.28. The number of halogens is 2.